The predicted molar refractivity (Wildman–Crippen MR) is 79.3 cm³/mol. The molecule has 0 spiro atoms. The van der Waals surface area contributed by atoms with Crippen molar-refractivity contribution in [2.75, 3.05) is 18.3 Å². The minimum atomic E-state index is -3.30. The van der Waals surface area contributed by atoms with Gasteiger partial charge < -0.3 is 0 Å². The van der Waals surface area contributed by atoms with E-state index in [2.05, 4.69) is 5.09 Å². The molecule has 0 amide bonds. The van der Waals surface area contributed by atoms with Crippen LogP contribution in [0.15, 0.2) is 30.3 Å². The van der Waals surface area contributed by atoms with Crippen molar-refractivity contribution in [2.24, 2.45) is 11.8 Å². The van der Waals surface area contributed by atoms with Crippen molar-refractivity contribution in [3.63, 3.8) is 0 Å². The average molecular weight is 285 g/mol. The van der Waals surface area contributed by atoms with Gasteiger partial charge in [0.15, 0.2) is 0 Å². The highest BCUT2D eigenvalue weighted by molar-refractivity contribution is 7.55. The van der Waals surface area contributed by atoms with Crippen LogP contribution >= 0.6 is 7.75 Å². The van der Waals surface area contributed by atoms with Gasteiger partial charge in [-0.25, -0.2) is 4.57 Å². The summed E-state index contributed by atoms with van der Waals surface area (Å²) >= 11 is 0. The smallest absolute Gasteiger partial charge is 0.293 e. The molecule has 1 aromatic carbocycles. The van der Waals surface area contributed by atoms with E-state index in [1.54, 1.807) is 0 Å². The summed E-state index contributed by atoms with van der Waals surface area (Å²) in [5, 5.41) is 2.88. The Hall–Kier alpha value is -0.830. The van der Waals surface area contributed by atoms with E-state index in [1.807, 2.05) is 58.0 Å². The molecule has 1 aromatic rings. The van der Waals surface area contributed by atoms with Crippen molar-refractivity contribution in [1.29, 1.82) is 0 Å². The summed E-state index contributed by atoms with van der Waals surface area (Å²) in [7, 11) is -3.30. The maximum absolute atomic E-state index is 12.6. The third kappa shape index (κ3) is 6.76. The van der Waals surface area contributed by atoms with Gasteiger partial charge in [-0.05, 0) is 24.0 Å². The number of rotatable bonds is 8. The lowest BCUT2D eigenvalue weighted by molar-refractivity contribution is 0.177. The zero-order chi connectivity index (χ0) is 14.3. The van der Waals surface area contributed by atoms with Crippen LogP contribution in [0.2, 0.25) is 0 Å². The molecule has 0 unspecified atom stereocenters. The first-order valence-electron chi connectivity index (χ1n) is 6.64. The molecule has 0 fully saturated rings. The first-order valence-corrected chi connectivity index (χ1v) is 8.18. The summed E-state index contributed by atoms with van der Waals surface area (Å²) in [6.07, 6.45) is 0. The monoisotopic (exact) mass is 285 g/mol. The summed E-state index contributed by atoms with van der Waals surface area (Å²) < 4.78 is 23.6. The molecule has 0 saturated heterocycles. The van der Waals surface area contributed by atoms with E-state index in [0.717, 1.165) is 5.69 Å². The largest absolute Gasteiger partial charge is 0.432 e. The quantitative estimate of drug-likeness (QED) is 0.712. The highest BCUT2D eigenvalue weighted by atomic mass is 31.2. The molecule has 1 rings (SSSR count). The Kier molecular flexibility index (Phi) is 6.56. The van der Waals surface area contributed by atoms with Gasteiger partial charge in [0.2, 0.25) is 0 Å². The van der Waals surface area contributed by atoms with E-state index >= 15 is 0 Å². The Morgan fingerprint density at radius 1 is 1.00 bits per heavy atom. The number of benzene rings is 1. The second-order valence-electron chi connectivity index (χ2n) is 5.35. The van der Waals surface area contributed by atoms with Crippen LogP contribution in [0.3, 0.4) is 0 Å². The highest BCUT2D eigenvalue weighted by Gasteiger charge is 2.25. The van der Waals surface area contributed by atoms with Crippen LogP contribution in [0.25, 0.3) is 0 Å². The van der Waals surface area contributed by atoms with E-state index in [1.165, 1.54) is 0 Å². The minimum absolute atomic E-state index is 0.300. The Bertz CT molecular complexity index is 390. The second kappa shape index (κ2) is 7.68. The van der Waals surface area contributed by atoms with Gasteiger partial charge in [0.05, 0.1) is 13.2 Å². The number of nitrogens with one attached hydrogen (secondary N) is 1. The van der Waals surface area contributed by atoms with Gasteiger partial charge in [-0.15, -0.1) is 0 Å². The van der Waals surface area contributed by atoms with Gasteiger partial charge in [0.1, 0.15) is 0 Å². The third-order valence-corrected chi connectivity index (χ3v) is 3.71. The van der Waals surface area contributed by atoms with Crippen LogP contribution in [0.5, 0.6) is 0 Å². The zero-order valence-electron chi connectivity index (χ0n) is 12.1. The fourth-order valence-electron chi connectivity index (χ4n) is 1.27. The Morgan fingerprint density at radius 3 is 1.89 bits per heavy atom. The molecule has 0 bridgehead atoms. The zero-order valence-corrected chi connectivity index (χ0v) is 13.0. The van der Waals surface area contributed by atoms with Crippen LogP contribution in [-0.2, 0) is 13.6 Å². The van der Waals surface area contributed by atoms with Crippen LogP contribution in [0.1, 0.15) is 27.7 Å². The van der Waals surface area contributed by atoms with Gasteiger partial charge >= 0.3 is 7.75 Å². The van der Waals surface area contributed by atoms with Crippen LogP contribution in [0, 0.1) is 11.8 Å². The molecule has 1 N–H and O–H groups in total. The molecule has 0 saturated carbocycles. The molecular formula is C14H24NO3P. The summed E-state index contributed by atoms with van der Waals surface area (Å²) in [6.45, 7) is 8.83. The van der Waals surface area contributed by atoms with E-state index in [-0.39, 0.29) is 0 Å². The molecule has 0 aliphatic heterocycles. The van der Waals surface area contributed by atoms with Gasteiger partial charge in [-0.1, -0.05) is 45.9 Å². The maximum atomic E-state index is 12.6. The van der Waals surface area contributed by atoms with E-state index in [0.29, 0.717) is 25.0 Å². The lowest BCUT2D eigenvalue weighted by Crippen LogP contribution is -2.11. The second-order valence-corrected chi connectivity index (χ2v) is 7.09. The van der Waals surface area contributed by atoms with Crippen molar-refractivity contribution in [1.82, 2.24) is 0 Å². The molecule has 0 aliphatic carbocycles. The van der Waals surface area contributed by atoms with E-state index in [9.17, 15) is 4.57 Å². The number of hydrogen-bond donors (Lipinski definition) is 1. The summed E-state index contributed by atoms with van der Waals surface area (Å²) in [6, 6.07) is 9.32. The van der Waals surface area contributed by atoms with Crippen LogP contribution in [0.4, 0.5) is 5.69 Å². The van der Waals surface area contributed by atoms with Crippen molar-refractivity contribution in [2.45, 2.75) is 27.7 Å². The summed E-state index contributed by atoms with van der Waals surface area (Å²) in [5.41, 5.74) is 0.735. The normalized spacial score (nSPS) is 12.1. The van der Waals surface area contributed by atoms with Crippen molar-refractivity contribution >= 4 is 13.4 Å². The fourth-order valence-corrected chi connectivity index (χ4v) is 2.92. The summed E-state index contributed by atoms with van der Waals surface area (Å²) in [5.74, 6) is 0.599. The maximum Gasteiger partial charge on any atom is 0.432 e. The number of para-hydroxylation sites is 1. The lowest BCUT2D eigenvalue weighted by Gasteiger charge is -2.21. The van der Waals surface area contributed by atoms with E-state index < -0.39 is 7.75 Å². The number of anilines is 1. The highest BCUT2D eigenvalue weighted by Crippen LogP contribution is 2.48. The minimum Gasteiger partial charge on any atom is -0.293 e. The molecule has 4 nitrogen and oxygen atoms in total. The molecule has 5 heteroatoms. The van der Waals surface area contributed by atoms with Gasteiger partial charge in [-0.2, -0.15) is 0 Å². The first-order chi connectivity index (χ1) is 8.91. The molecular weight excluding hydrogens is 261 g/mol. The first kappa shape index (κ1) is 16.2. The third-order valence-electron chi connectivity index (χ3n) is 2.20. The molecule has 0 aromatic heterocycles. The van der Waals surface area contributed by atoms with Gasteiger partial charge in [0.25, 0.3) is 0 Å². The summed E-state index contributed by atoms with van der Waals surface area (Å²) in [4.78, 5) is 0. The van der Waals surface area contributed by atoms with Crippen LogP contribution < -0.4 is 5.09 Å². The van der Waals surface area contributed by atoms with Crippen molar-refractivity contribution in [3.8, 4) is 0 Å². The predicted octanol–water partition coefficient (Wildman–Crippen LogP) is 4.55. The molecule has 0 atom stereocenters. The lowest BCUT2D eigenvalue weighted by atomic mass is 10.2. The average Bonchev–Trinajstić information content (AvgIpc) is 2.36. The molecule has 19 heavy (non-hydrogen) atoms. The SMILES string of the molecule is CC(C)COP(=O)(Nc1ccccc1)OCC(C)C. The molecule has 0 aliphatic rings. The van der Waals surface area contributed by atoms with Gasteiger partial charge in [0, 0.05) is 5.69 Å². The Labute approximate surface area is 116 Å². The van der Waals surface area contributed by atoms with Crippen LogP contribution in [-0.4, -0.2) is 13.2 Å². The number of hydrogen-bond acceptors (Lipinski definition) is 3. The van der Waals surface area contributed by atoms with Gasteiger partial charge in [-0.3, -0.25) is 14.1 Å². The fraction of sp³-hybridized carbons (Fsp3) is 0.571. The van der Waals surface area contributed by atoms with Crippen molar-refractivity contribution in [3.05, 3.63) is 30.3 Å². The van der Waals surface area contributed by atoms with Crippen molar-refractivity contribution < 1.29 is 13.6 Å². The molecule has 0 heterocycles. The molecule has 0 radical (unpaired) electrons. The van der Waals surface area contributed by atoms with E-state index in [4.69, 9.17) is 9.05 Å². The Balaban J connectivity index is 2.70. The topological polar surface area (TPSA) is 47.6 Å². The molecule has 108 valence electrons. The standard InChI is InChI=1S/C14H24NO3P/c1-12(2)10-17-19(16,18-11-13(3)4)15-14-8-6-5-7-9-14/h5-9,12-13H,10-11H2,1-4H3,(H,15,16). The Morgan fingerprint density at radius 2 is 1.47 bits per heavy atom.